The monoisotopic (exact) mass is 243 g/mol. The lowest BCUT2D eigenvalue weighted by Gasteiger charge is -2.14. The quantitative estimate of drug-likeness (QED) is 0.800. The van der Waals surface area contributed by atoms with E-state index in [1.807, 2.05) is 0 Å². The first kappa shape index (κ1) is 13.0. The molecular formula is C11H14FNO2S. The second-order valence-corrected chi connectivity index (χ2v) is 4.36. The van der Waals surface area contributed by atoms with Gasteiger partial charge in [0.05, 0.1) is 12.9 Å². The number of carbonyl (C=O) groups is 1. The van der Waals surface area contributed by atoms with Crippen LogP contribution < -0.4 is 5.73 Å². The van der Waals surface area contributed by atoms with Crippen molar-refractivity contribution in [1.29, 1.82) is 0 Å². The second-order valence-electron chi connectivity index (χ2n) is 3.17. The standard InChI is InChI=1S/C11H14FNO2S/c1-15-11(14)7-16-10(6-13)8-3-2-4-9(12)5-8/h2-5,10H,6-7,13H2,1H3. The molecule has 0 saturated carbocycles. The zero-order valence-electron chi connectivity index (χ0n) is 8.98. The fourth-order valence-electron chi connectivity index (χ4n) is 1.23. The summed E-state index contributed by atoms with van der Waals surface area (Å²) in [6.07, 6.45) is 0. The van der Waals surface area contributed by atoms with Crippen molar-refractivity contribution in [2.45, 2.75) is 5.25 Å². The van der Waals surface area contributed by atoms with Crippen molar-refractivity contribution >= 4 is 17.7 Å². The van der Waals surface area contributed by atoms with Crippen molar-refractivity contribution in [3.63, 3.8) is 0 Å². The van der Waals surface area contributed by atoms with Crippen LogP contribution in [0.3, 0.4) is 0 Å². The molecule has 0 radical (unpaired) electrons. The Morgan fingerprint density at radius 2 is 2.38 bits per heavy atom. The van der Waals surface area contributed by atoms with E-state index in [2.05, 4.69) is 4.74 Å². The SMILES string of the molecule is COC(=O)CSC(CN)c1cccc(F)c1. The van der Waals surface area contributed by atoms with Crippen molar-refractivity contribution in [1.82, 2.24) is 0 Å². The number of halogens is 1. The number of hydrogen-bond donors (Lipinski definition) is 1. The summed E-state index contributed by atoms with van der Waals surface area (Å²) in [4.78, 5) is 11.0. The average molecular weight is 243 g/mol. The largest absolute Gasteiger partial charge is 0.468 e. The van der Waals surface area contributed by atoms with E-state index in [0.29, 0.717) is 6.54 Å². The van der Waals surface area contributed by atoms with E-state index in [1.54, 1.807) is 12.1 Å². The molecule has 1 aromatic rings. The van der Waals surface area contributed by atoms with Gasteiger partial charge in [-0.1, -0.05) is 12.1 Å². The Labute approximate surface area is 98.2 Å². The van der Waals surface area contributed by atoms with Crippen LogP contribution in [0.1, 0.15) is 10.8 Å². The Hall–Kier alpha value is -1.07. The van der Waals surface area contributed by atoms with Gasteiger partial charge in [0.2, 0.25) is 0 Å². The molecule has 1 rings (SSSR count). The summed E-state index contributed by atoms with van der Waals surface area (Å²) in [5, 5.41) is -0.0881. The summed E-state index contributed by atoms with van der Waals surface area (Å²) in [5.41, 5.74) is 6.38. The minimum Gasteiger partial charge on any atom is -0.468 e. The topological polar surface area (TPSA) is 52.3 Å². The summed E-state index contributed by atoms with van der Waals surface area (Å²) in [5.74, 6) is -0.385. The van der Waals surface area contributed by atoms with Gasteiger partial charge in [0.15, 0.2) is 0 Å². The van der Waals surface area contributed by atoms with Crippen LogP contribution in [0.2, 0.25) is 0 Å². The van der Waals surface area contributed by atoms with E-state index >= 15 is 0 Å². The van der Waals surface area contributed by atoms with Crippen molar-refractivity contribution in [3.8, 4) is 0 Å². The highest BCUT2D eigenvalue weighted by Gasteiger charge is 2.13. The minimum atomic E-state index is -0.306. The van der Waals surface area contributed by atoms with Gasteiger partial charge in [0.1, 0.15) is 5.82 Å². The molecule has 0 bridgehead atoms. The Kier molecular flexibility index (Phi) is 5.28. The zero-order chi connectivity index (χ0) is 12.0. The smallest absolute Gasteiger partial charge is 0.315 e. The van der Waals surface area contributed by atoms with Gasteiger partial charge in [-0.3, -0.25) is 4.79 Å². The predicted octanol–water partition coefficient (Wildman–Crippen LogP) is 1.73. The number of ether oxygens (including phenoxy) is 1. The average Bonchev–Trinajstić information content (AvgIpc) is 2.29. The fraction of sp³-hybridized carbons (Fsp3) is 0.364. The highest BCUT2D eigenvalue weighted by molar-refractivity contribution is 8.00. The van der Waals surface area contributed by atoms with Crippen molar-refractivity contribution in [2.75, 3.05) is 19.4 Å². The number of benzene rings is 1. The first-order valence-electron chi connectivity index (χ1n) is 4.81. The number of methoxy groups -OCH3 is 1. The molecule has 1 atom stereocenters. The van der Waals surface area contributed by atoms with E-state index in [4.69, 9.17) is 5.73 Å². The van der Waals surface area contributed by atoms with Crippen LogP contribution in [-0.2, 0) is 9.53 Å². The van der Waals surface area contributed by atoms with Gasteiger partial charge < -0.3 is 10.5 Å². The zero-order valence-corrected chi connectivity index (χ0v) is 9.80. The van der Waals surface area contributed by atoms with Gasteiger partial charge in [-0.05, 0) is 17.7 Å². The third-order valence-electron chi connectivity index (χ3n) is 2.06. The number of hydrogen-bond acceptors (Lipinski definition) is 4. The molecule has 0 aliphatic heterocycles. The molecule has 0 amide bonds. The van der Waals surface area contributed by atoms with E-state index in [1.165, 1.54) is 31.0 Å². The van der Waals surface area contributed by atoms with Crippen LogP contribution in [0.15, 0.2) is 24.3 Å². The molecule has 0 aromatic heterocycles. The van der Waals surface area contributed by atoms with Gasteiger partial charge in [-0.15, -0.1) is 11.8 Å². The predicted molar refractivity (Wildman–Crippen MR) is 62.7 cm³/mol. The van der Waals surface area contributed by atoms with Crippen molar-refractivity contribution in [3.05, 3.63) is 35.6 Å². The number of rotatable bonds is 5. The fourth-order valence-corrected chi connectivity index (χ4v) is 2.17. The normalized spacial score (nSPS) is 12.2. The molecule has 0 saturated heterocycles. The minimum absolute atomic E-state index is 0.0881. The van der Waals surface area contributed by atoms with Crippen LogP contribution in [-0.4, -0.2) is 25.4 Å². The third kappa shape index (κ3) is 3.83. The first-order chi connectivity index (χ1) is 7.67. The Morgan fingerprint density at radius 1 is 1.62 bits per heavy atom. The van der Waals surface area contributed by atoms with E-state index in [0.717, 1.165) is 5.56 Å². The van der Waals surface area contributed by atoms with Gasteiger partial charge in [-0.2, -0.15) is 0 Å². The van der Waals surface area contributed by atoms with Crippen LogP contribution in [0.25, 0.3) is 0 Å². The maximum Gasteiger partial charge on any atom is 0.315 e. The maximum absolute atomic E-state index is 13.0. The van der Waals surface area contributed by atoms with E-state index < -0.39 is 0 Å². The molecule has 0 aliphatic rings. The second kappa shape index (κ2) is 6.50. The lowest BCUT2D eigenvalue weighted by Crippen LogP contribution is -2.13. The summed E-state index contributed by atoms with van der Waals surface area (Å²) in [6, 6.07) is 6.24. The molecule has 1 unspecified atom stereocenters. The van der Waals surface area contributed by atoms with Gasteiger partial charge >= 0.3 is 5.97 Å². The Morgan fingerprint density at radius 3 is 2.94 bits per heavy atom. The molecular weight excluding hydrogens is 229 g/mol. The molecule has 1 aromatic carbocycles. The molecule has 3 nitrogen and oxygen atoms in total. The summed E-state index contributed by atoms with van der Waals surface area (Å²) < 4.78 is 17.5. The molecule has 0 heterocycles. The molecule has 0 spiro atoms. The summed E-state index contributed by atoms with van der Waals surface area (Å²) in [6.45, 7) is 0.352. The number of esters is 1. The molecule has 16 heavy (non-hydrogen) atoms. The summed E-state index contributed by atoms with van der Waals surface area (Å²) in [7, 11) is 1.34. The van der Waals surface area contributed by atoms with E-state index in [-0.39, 0.29) is 22.8 Å². The van der Waals surface area contributed by atoms with Crippen LogP contribution in [0.5, 0.6) is 0 Å². The molecule has 0 fully saturated rings. The van der Waals surface area contributed by atoms with Gasteiger partial charge in [0, 0.05) is 11.8 Å². The van der Waals surface area contributed by atoms with Gasteiger partial charge in [-0.25, -0.2) is 4.39 Å². The van der Waals surface area contributed by atoms with Crippen LogP contribution in [0, 0.1) is 5.82 Å². The van der Waals surface area contributed by atoms with E-state index in [9.17, 15) is 9.18 Å². The van der Waals surface area contributed by atoms with Crippen molar-refractivity contribution in [2.24, 2.45) is 5.73 Å². The highest BCUT2D eigenvalue weighted by Crippen LogP contribution is 2.27. The van der Waals surface area contributed by atoms with Gasteiger partial charge in [0.25, 0.3) is 0 Å². The lowest BCUT2D eigenvalue weighted by molar-refractivity contribution is -0.137. The Bertz CT molecular complexity index is 360. The van der Waals surface area contributed by atoms with Crippen LogP contribution in [0.4, 0.5) is 4.39 Å². The third-order valence-corrected chi connectivity index (χ3v) is 3.33. The van der Waals surface area contributed by atoms with Crippen LogP contribution >= 0.6 is 11.8 Å². The molecule has 5 heteroatoms. The number of nitrogens with two attached hydrogens (primary N) is 1. The number of carbonyl (C=O) groups excluding carboxylic acids is 1. The molecule has 0 aliphatic carbocycles. The molecule has 2 N–H and O–H groups in total. The van der Waals surface area contributed by atoms with Crippen molar-refractivity contribution < 1.29 is 13.9 Å². The maximum atomic E-state index is 13.0. The highest BCUT2D eigenvalue weighted by atomic mass is 32.2. The molecule has 88 valence electrons. The Balaban J connectivity index is 2.64. The summed E-state index contributed by atoms with van der Waals surface area (Å²) >= 11 is 1.35. The number of thioether (sulfide) groups is 1. The lowest BCUT2D eigenvalue weighted by atomic mass is 10.1. The first-order valence-corrected chi connectivity index (χ1v) is 5.86.